The summed E-state index contributed by atoms with van der Waals surface area (Å²) in [5.41, 5.74) is 35.1. The van der Waals surface area contributed by atoms with Gasteiger partial charge in [-0.3, -0.25) is 0 Å². The molecule has 1 aromatic heterocycles. The molecule has 0 bridgehead atoms. The number of nitrogens with zero attached hydrogens (tertiary/aromatic N) is 1. The van der Waals surface area contributed by atoms with Crippen LogP contribution in [0.5, 0.6) is 0 Å². The van der Waals surface area contributed by atoms with Crippen LogP contribution in [0.4, 0.5) is 0 Å². The number of fused-ring (bicyclic) bond motifs is 31. The Balaban J connectivity index is 0.000000106. The predicted octanol–water partition coefficient (Wildman–Crippen LogP) is 37.8. The van der Waals surface area contributed by atoms with Gasteiger partial charge in [-0.05, 0) is 331 Å². The molecule has 3 aliphatic rings. The maximum Gasteiger partial charge on any atom is 0.0547 e. The van der Waals surface area contributed by atoms with Gasteiger partial charge in [0.1, 0.15) is 0 Å². The zero-order valence-corrected chi connectivity index (χ0v) is 77.9. The average Bonchev–Trinajstić information content (AvgIpc) is 1.50. The minimum Gasteiger partial charge on any atom is -0.309 e. The number of hydrogen-bond acceptors (Lipinski definition) is 0. The third-order valence-corrected chi connectivity index (χ3v) is 31.4. The highest BCUT2D eigenvalue weighted by atomic mass is 15.0. The van der Waals surface area contributed by atoms with Gasteiger partial charge in [-0.2, -0.15) is 0 Å². The topological polar surface area (TPSA) is 4.93 Å². The third kappa shape index (κ3) is 12.6. The lowest BCUT2D eigenvalue weighted by atomic mass is 9.80. The van der Waals surface area contributed by atoms with Crippen molar-refractivity contribution in [3.8, 4) is 106 Å². The monoisotopic (exact) mass is 1750 g/mol. The minimum atomic E-state index is -0.0644. The van der Waals surface area contributed by atoms with E-state index in [9.17, 15) is 0 Å². The van der Waals surface area contributed by atoms with Crippen molar-refractivity contribution in [3.05, 3.63) is 500 Å². The Morgan fingerprint density at radius 3 is 1.02 bits per heavy atom. The normalized spacial score (nSPS) is 13.5. The molecule has 648 valence electrons. The fourth-order valence-corrected chi connectivity index (χ4v) is 24.5. The van der Waals surface area contributed by atoms with E-state index >= 15 is 0 Å². The van der Waals surface area contributed by atoms with Crippen LogP contribution in [0.25, 0.3) is 246 Å². The van der Waals surface area contributed by atoms with Crippen LogP contribution >= 0.6 is 0 Å². The van der Waals surface area contributed by atoms with Crippen LogP contribution in [0.15, 0.2) is 467 Å². The van der Waals surface area contributed by atoms with Gasteiger partial charge in [0, 0.05) is 32.7 Å². The molecule has 0 saturated carbocycles. The number of para-hydroxylation sites is 2. The summed E-state index contributed by atoms with van der Waals surface area (Å²) in [7, 11) is 0. The van der Waals surface area contributed by atoms with E-state index in [-0.39, 0.29) is 16.2 Å². The van der Waals surface area contributed by atoms with E-state index < -0.39 is 0 Å². The first kappa shape index (κ1) is 80.8. The molecule has 0 aliphatic heterocycles. The summed E-state index contributed by atoms with van der Waals surface area (Å²) in [6.07, 6.45) is 0. The second kappa shape index (κ2) is 31.1. The van der Waals surface area contributed by atoms with E-state index in [4.69, 9.17) is 0 Å². The molecule has 1 heteroatoms. The average molecular weight is 1760 g/mol. The van der Waals surface area contributed by atoms with Gasteiger partial charge < -0.3 is 4.57 Å². The highest BCUT2D eigenvalue weighted by molar-refractivity contribution is 6.30. The third-order valence-electron chi connectivity index (χ3n) is 31.4. The number of hydrogen-bond donors (Lipinski definition) is 0. The maximum atomic E-state index is 2.46. The van der Waals surface area contributed by atoms with Crippen molar-refractivity contribution >= 4 is 140 Å². The van der Waals surface area contributed by atoms with Crippen LogP contribution in [0.1, 0.15) is 74.9 Å². The van der Waals surface area contributed by atoms with Gasteiger partial charge in [-0.15, -0.1) is 0 Å². The molecule has 3 aliphatic carbocycles. The molecule has 1 heterocycles. The van der Waals surface area contributed by atoms with E-state index in [0.717, 1.165) is 0 Å². The smallest absolute Gasteiger partial charge is 0.0547 e. The van der Waals surface area contributed by atoms with Gasteiger partial charge in [0.15, 0.2) is 0 Å². The quantitative estimate of drug-likeness (QED) is 0.140. The van der Waals surface area contributed by atoms with Gasteiger partial charge in [0.2, 0.25) is 0 Å². The molecule has 1 nitrogen and oxygen atoms in total. The lowest BCUT2D eigenvalue weighted by molar-refractivity contribution is 0.660. The molecule has 0 fully saturated rings. The lowest BCUT2D eigenvalue weighted by Crippen LogP contribution is -2.15. The summed E-state index contributed by atoms with van der Waals surface area (Å²) in [6, 6.07) is 174. The summed E-state index contributed by atoms with van der Waals surface area (Å²) in [6.45, 7) is 14.2. The highest BCUT2D eigenvalue weighted by Crippen LogP contribution is 2.56. The van der Waals surface area contributed by atoms with Crippen molar-refractivity contribution in [1.29, 1.82) is 0 Å². The summed E-state index contributed by atoms with van der Waals surface area (Å²) in [5.74, 6) is 0. The van der Waals surface area contributed by atoms with Gasteiger partial charge in [0.25, 0.3) is 0 Å². The van der Waals surface area contributed by atoms with Gasteiger partial charge in [-0.1, -0.05) is 430 Å². The van der Waals surface area contributed by atoms with Crippen LogP contribution in [0, 0.1) is 0 Å². The van der Waals surface area contributed by atoms with Crippen LogP contribution in [0.2, 0.25) is 0 Å². The van der Waals surface area contributed by atoms with Crippen LogP contribution in [-0.4, -0.2) is 4.57 Å². The summed E-state index contributed by atoms with van der Waals surface area (Å²) in [4.78, 5) is 0. The van der Waals surface area contributed by atoms with Gasteiger partial charge >= 0.3 is 0 Å². The number of aromatic nitrogens is 1. The molecule has 138 heavy (non-hydrogen) atoms. The van der Waals surface area contributed by atoms with Crippen molar-refractivity contribution in [1.82, 2.24) is 4.57 Å². The molecule has 29 rings (SSSR count). The van der Waals surface area contributed by atoms with E-state index in [1.54, 1.807) is 0 Å². The Morgan fingerprint density at radius 1 is 0.145 bits per heavy atom. The largest absolute Gasteiger partial charge is 0.309 e. The van der Waals surface area contributed by atoms with Crippen LogP contribution in [0.3, 0.4) is 0 Å². The van der Waals surface area contributed by atoms with Crippen molar-refractivity contribution in [2.24, 2.45) is 0 Å². The second-order valence-electron chi connectivity index (χ2n) is 40.0. The number of rotatable bonds is 7. The standard InChI is InChI=1S/C54H40.C43H30.C40H25N/c1-53(2)48-15-9-7-13-43(48)45-25-23-37(31-50(45)53)40-27-39(28-41(29-40)38-24-26-46-44-14-8-10-16-49(44)54(3,4)51(46)32-38)36-22-19-34-18-21-35-20-17-33-11-5-6-12-42(33)52(35)47(34)30-36;1-43(2)39-14-8-7-13-36(39)42-35-12-6-5-11-34(35)37(26-40(42)43)29-17-15-27(16-18-29)32-24-21-30-20-23-31-22-19-28-9-3-4-10-33(28)41(31)38(30)25-32;1-2-11-30(12-3-1)41-37-17-9-8-15-33(37)34-23-22-28(25-38(34)41)36-24-29-21-20-27-19-18-26-10-4-5-13-31(26)39(27)40(29)35-16-7-6-14-32(35)36/h5-32H,1-4H3;3-26H,1-2H3;1-25H. The Labute approximate surface area is 803 Å². The highest BCUT2D eigenvalue weighted by Gasteiger charge is 2.39. The number of benzene rings is 25. The lowest BCUT2D eigenvalue weighted by Gasteiger charge is -2.23. The Bertz CT molecular complexity index is 9530. The van der Waals surface area contributed by atoms with E-state index in [1.165, 1.54) is 280 Å². The van der Waals surface area contributed by atoms with Crippen molar-refractivity contribution in [2.45, 2.75) is 57.8 Å². The fraction of sp³-hybridized carbons (Fsp3) is 0.0657. The Morgan fingerprint density at radius 2 is 0.478 bits per heavy atom. The molecule has 0 N–H and O–H groups in total. The van der Waals surface area contributed by atoms with Crippen LogP contribution in [-0.2, 0) is 16.2 Å². The molecule has 25 aromatic carbocycles. The summed E-state index contributed by atoms with van der Waals surface area (Å²) in [5, 5.41) is 31.1. The summed E-state index contributed by atoms with van der Waals surface area (Å²) < 4.78 is 2.40. The van der Waals surface area contributed by atoms with Gasteiger partial charge in [-0.25, -0.2) is 0 Å². The molecule has 26 aromatic rings. The Hall–Kier alpha value is -16.8. The first-order valence-corrected chi connectivity index (χ1v) is 48.6. The van der Waals surface area contributed by atoms with Crippen molar-refractivity contribution < 1.29 is 0 Å². The molecular weight excluding hydrogens is 1660 g/mol. The van der Waals surface area contributed by atoms with Gasteiger partial charge in [0.05, 0.1) is 11.0 Å². The molecule has 0 atom stereocenters. The molecule has 0 saturated heterocycles. The van der Waals surface area contributed by atoms with E-state index in [2.05, 4.69) is 513 Å². The zero-order valence-electron chi connectivity index (χ0n) is 77.9. The zero-order chi connectivity index (χ0) is 92.0. The van der Waals surface area contributed by atoms with E-state index in [1.807, 2.05) is 0 Å². The van der Waals surface area contributed by atoms with Crippen molar-refractivity contribution in [3.63, 3.8) is 0 Å². The SMILES string of the molecule is CC1(C)c2ccccc2-c2c1cc(-c1ccc(-c3ccc4ccc5ccc6ccccc6c5c4c3)cc1)c1ccccc21.CC1(C)c2ccccc2-c2ccc(-c3cc(-c4ccc5c(c4)C(C)(C)c4ccccc4-5)cc(-c4ccc5ccc6ccc7ccccc7c6c5c4)c3)cc21.c1ccc(-n2c3ccccc3c3ccc(-c4cc5ccc6ccc7ccccc7c6c5c5ccccc45)cc32)cc1. The minimum absolute atomic E-state index is 0.0390. The van der Waals surface area contributed by atoms with Crippen LogP contribution < -0.4 is 0 Å². The molecule has 0 radical (unpaired) electrons. The Kier molecular flexibility index (Phi) is 18.2. The predicted molar refractivity (Wildman–Crippen MR) is 592 cm³/mol. The maximum absolute atomic E-state index is 2.46. The molecule has 0 spiro atoms. The van der Waals surface area contributed by atoms with E-state index in [0.29, 0.717) is 0 Å². The first-order valence-electron chi connectivity index (χ1n) is 48.6. The fourth-order valence-electron chi connectivity index (χ4n) is 24.5. The molecule has 0 amide bonds. The summed E-state index contributed by atoms with van der Waals surface area (Å²) >= 11 is 0. The second-order valence-corrected chi connectivity index (χ2v) is 40.0. The first-order chi connectivity index (χ1) is 67.7. The van der Waals surface area contributed by atoms with Crippen molar-refractivity contribution in [2.75, 3.05) is 0 Å². The molecular formula is C137H95N. The molecule has 0 unspecified atom stereocenters.